The molecule has 144 valence electrons. The molecule has 27 heavy (non-hydrogen) atoms. The molecule has 2 heterocycles. The average Bonchev–Trinajstić information content (AvgIpc) is 2.63. The molecule has 2 aromatic rings. The second-order valence-corrected chi connectivity index (χ2v) is 6.42. The number of nitrogens with one attached hydrogen (secondary N) is 1. The second-order valence-electron chi connectivity index (χ2n) is 6.02. The van der Waals surface area contributed by atoms with Crippen LogP contribution in [-0.4, -0.2) is 28.0 Å². The highest BCUT2D eigenvalue weighted by molar-refractivity contribution is 6.33. The van der Waals surface area contributed by atoms with E-state index >= 15 is 0 Å². The molecule has 1 N–H and O–H groups in total. The van der Waals surface area contributed by atoms with E-state index in [0.29, 0.717) is 13.1 Å². The fourth-order valence-corrected chi connectivity index (χ4v) is 3.06. The summed E-state index contributed by atoms with van der Waals surface area (Å²) in [5.41, 5.74) is -1.45. The van der Waals surface area contributed by atoms with E-state index in [1.165, 1.54) is 0 Å². The van der Waals surface area contributed by atoms with Gasteiger partial charge in [0.15, 0.2) is 0 Å². The zero-order valence-electron chi connectivity index (χ0n) is 14.0. The Morgan fingerprint density at radius 1 is 1.19 bits per heavy atom. The molecule has 0 amide bonds. The molecule has 1 aliphatic heterocycles. The zero-order chi connectivity index (χ0) is 19.6. The molecule has 7 nitrogen and oxygen atoms in total. The number of halogens is 4. The van der Waals surface area contributed by atoms with Crippen LogP contribution in [-0.2, 0) is 6.18 Å². The summed E-state index contributed by atoms with van der Waals surface area (Å²) in [4.78, 5) is 20.6. The summed E-state index contributed by atoms with van der Waals surface area (Å²) in [7, 11) is 0. The number of hydrogen-bond donors (Lipinski definition) is 1. The van der Waals surface area contributed by atoms with E-state index in [4.69, 9.17) is 11.6 Å². The number of benzene rings is 1. The van der Waals surface area contributed by atoms with E-state index in [2.05, 4.69) is 15.3 Å². The van der Waals surface area contributed by atoms with E-state index in [9.17, 15) is 23.3 Å². The number of anilines is 3. The normalized spacial score (nSPS) is 14.9. The van der Waals surface area contributed by atoms with Crippen molar-refractivity contribution in [3.8, 4) is 0 Å². The third-order valence-corrected chi connectivity index (χ3v) is 4.52. The van der Waals surface area contributed by atoms with Crippen LogP contribution in [0.4, 0.5) is 36.2 Å². The maximum Gasteiger partial charge on any atom is 0.416 e. The van der Waals surface area contributed by atoms with Gasteiger partial charge in [-0.2, -0.15) is 13.2 Å². The Hall–Kier alpha value is -2.62. The summed E-state index contributed by atoms with van der Waals surface area (Å²) in [6, 6.07) is 2.70. The number of nitro groups is 1. The first-order valence-corrected chi connectivity index (χ1v) is 8.53. The highest BCUT2D eigenvalue weighted by atomic mass is 35.5. The van der Waals surface area contributed by atoms with Crippen molar-refractivity contribution in [2.24, 2.45) is 0 Å². The summed E-state index contributed by atoms with van der Waals surface area (Å²) >= 11 is 5.96. The largest absolute Gasteiger partial charge is 0.416 e. The van der Waals surface area contributed by atoms with Crippen molar-refractivity contribution in [2.45, 2.75) is 25.4 Å². The molecule has 0 spiro atoms. The number of alkyl halides is 3. The lowest BCUT2D eigenvalue weighted by atomic mass is 10.1. The summed E-state index contributed by atoms with van der Waals surface area (Å²) in [6.07, 6.45) is -0.647. The van der Waals surface area contributed by atoms with E-state index in [-0.39, 0.29) is 22.3 Å². The topological polar surface area (TPSA) is 84.2 Å². The molecular weight excluding hydrogens is 387 g/mol. The van der Waals surface area contributed by atoms with Gasteiger partial charge in [0.05, 0.1) is 21.2 Å². The minimum absolute atomic E-state index is 0.0181. The fraction of sp³-hybridized carbons (Fsp3) is 0.375. The van der Waals surface area contributed by atoms with Gasteiger partial charge in [0.1, 0.15) is 6.33 Å². The van der Waals surface area contributed by atoms with Crippen LogP contribution in [0.3, 0.4) is 0 Å². The number of piperidine rings is 1. The minimum atomic E-state index is -4.57. The fourth-order valence-electron chi connectivity index (χ4n) is 2.89. The highest BCUT2D eigenvalue weighted by Crippen LogP contribution is 2.38. The van der Waals surface area contributed by atoms with Crippen LogP contribution < -0.4 is 10.2 Å². The van der Waals surface area contributed by atoms with Gasteiger partial charge >= 0.3 is 11.9 Å². The van der Waals surface area contributed by atoms with Crippen LogP contribution in [0.1, 0.15) is 24.8 Å². The Kier molecular flexibility index (Phi) is 5.36. The van der Waals surface area contributed by atoms with Crippen molar-refractivity contribution in [1.82, 2.24) is 9.97 Å². The summed E-state index contributed by atoms with van der Waals surface area (Å²) < 4.78 is 38.8. The molecule has 0 atom stereocenters. The van der Waals surface area contributed by atoms with Gasteiger partial charge in [-0.15, -0.1) is 0 Å². The zero-order valence-corrected chi connectivity index (χ0v) is 14.7. The molecule has 1 fully saturated rings. The van der Waals surface area contributed by atoms with E-state index in [1.807, 2.05) is 0 Å². The van der Waals surface area contributed by atoms with Crippen molar-refractivity contribution < 1.29 is 18.1 Å². The molecule has 0 bridgehead atoms. The lowest BCUT2D eigenvalue weighted by Crippen LogP contribution is -2.31. The molecule has 1 saturated heterocycles. The number of nitrogens with zero attached hydrogens (tertiary/aromatic N) is 4. The van der Waals surface area contributed by atoms with Crippen molar-refractivity contribution in [1.29, 1.82) is 0 Å². The molecular formula is C16H15ClF3N5O2. The van der Waals surface area contributed by atoms with Crippen LogP contribution in [0, 0.1) is 10.1 Å². The van der Waals surface area contributed by atoms with Crippen LogP contribution in [0.25, 0.3) is 0 Å². The van der Waals surface area contributed by atoms with Crippen LogP contribution in [0.5, 0.6) is 0 Å². The van der Waals surface area contributed by atoms with E-state index in [1.54, 1.807) is 4.90 Å². The van der Waals surface area contributed by atoms with E-state index in [0.717, 1.165) is 43.8 Å². The molecule has 0 radical (unpaired) electrons. The highest BCUT2D eigenvalue weighted by Gasteiger charge is 2.32. The first-order chi connectivity index (χ1) is 12.8. The molecule has 3 rings (SSSR count). The Morgan fingerprint density at radius 3 is 2.52 bits per heavy atom. The number of hydrogen-bond acceptors (Lipinski definition) is 6. The molecule has 0 aliphatic carbocycles. The molecule has 1 aliphatic rings. The molecule has 0 saturated carbocycles. The van der Waals surface area contributed by atoms with Crippen LogP contribution in [0.2, 0.25) is 5.02 Å². The maximum absolute atomic E-state index is 12.9. The lowest BCUT2D eigenvalue weighted by molar-refractivity contribution is -0.383. The third-order valence-electron chi connectivity index (χ3n) is 4.19. The summed E-state index contributed by atoms with van der Waals surface area (Å²) in [5, 5.41) is 14.2. The van der Waals surface area contributed by atoms with E-state index < -0.39 is 22.4 Å². The Labute approximate surface area is 157 Å². The van der Waals surface area contributed by atoms with Gasteiger partial charge in [-0.25, -0.2) is 9.97 Å². The van der Waals surface area contributed by atoms with Gasteiger partial charge in [0.2, 0.25) is 11.6 Å². The van der Waals surface area contributed by atoms with Gasteiger partial charge in [-0.1, -0.05) is 11.6 Å². The Morgan fingerprint density at radius 2 is 1.89 bits per heavy atom. The Balaban J connectivity index is 2.01. The summed E-state index contributed by atoms with van der Waals surface area (Å²) in [6.45, 7) is 1.23. The monoisotopic (exact) mass is 401 g/mol. The summed E-state index contributed by atoms with van der Waals surface area (Å²) in [5.74, 6) is -0.0721. The third kappa shape index (κ3) is 4.21. The second kappa shape index (κ2) is 7.55. The average molecular weight is 402 g/mol. The van der Waals surface area contributed by atoms with Gasteiger partial charge in [-0.3, -0.25) is 10.1 Å². The predicted molar refractivity (Wildman–Crippen MR) is 94.5 cm³/mol. The predicted octanol–water partition coefficient (Wildman–Crippen LogP) is 4.79. The lowest BCUT2D eigenvalue weighted by Gasteiger charge is -2.27. The SMILES string of the molecule is O=[N+]([O-])c1c(Nc2cc(C(F)(F)F)ccc2Cl)ncnc1N1CCCCC1. The number of rotatable bonds is 4. The minimum Gasteiger partial charge on any atom is -0.351 e. The first kappa shape index (κ1) is 19.2. The van der Waals surface area contributed by atoms with Crippen LogP contribution in [0.15, 0.2) is 24.5 Å². The van der Waals surface area contributed by atoms with Crippen molar-refractivity contribution >= 4 is 34.6 Å². The van der Waals surface area contributed by atoms with Gasteiger partial charge in [0.25, 0.3) is 0 Å². The number of aromatic nitrogens is 2. The van der Waals surface area contributed by atoms with Crippen molar-refractivity contribution in [3.63, 3.8) is 0 Å². The van der Waals surface area contributed by atoms with Crippen molar-refractivity contribution in [3.05, 3.63) is 45.2 Å². The van der Waals surface area contributed by atoms with Gasteiger partial charge in [0, 0.05) is 13.1 Å². The maximum atomic E-state index is 12.9. The first-order valence-electron chi connectivity index (χ1n) is 8.15. The smallest absolute Gasteiger partial charge is 0.351 e. The quantitative estimate of drug-likeness (QED) is 0.585. The molecule has 1 aromatic heterocycles. The standard InChI is InChI=1S/C16H15ClF3N5O2/c17-11-5-4-10(16(18,19)20)8-12(11)23-14-13(25(26)27)15(22-9-21-14)24-6-2-1-3-7-24/h4-5,8-9H,1-3,6-7H2,(H,21,22,23). The molecule has 0 unspecified atom stereocenters. The van der Waals surface area contributed by atoms with Crippen molar-refractivity contribution in [2.75, 3.05) is 23.3 Å². The van der Waals surface area contributed by atoms with Gasteiger partial charge in [-0.05, 0) is 37.5 Å². The van der Waals surface area contributed by atoms with Crippen LogP contribution >= 0.6 is 11.6 Å². The van der Waals surface area contributed by atoms with Gasteiger partial charge < -0.3 is 10.2 Å². The molecule has 1 aromatic carbocycles. The molecule has 11 heteroatoms. The Bertz CT molecular complexity index is 856.